The van der Waals surface area contributed by atoms with Crippen molar-refractivity contribution in [3.63, 3.8) is 0 Å². The second-order valence-corrected chi connectivity index (χ2v) is 7.88. The predicted molar refractivity (Wildman–Crippen MR) is 99.6 cm³/mol. The van der Waals surface area contributed by atoms with Gasteiger partial charge in [0.2, 0.25) is 0 Å². The maximum atomic E-state index is 12.3. The Kier molecular flexibility index (Phi) is 4.71. The Hall–Kier alpha value is -2.14. The second kappa shape index (κ2) is 6.77. The summed E-state index contributed by atoms with van der Waals surface area (Å²) in [4.78, 5) is 1.96. The molecular formula is C19H22N2O2S. The molecule has 0 N–H and O–H groups in total. The quantitative estimate of drug-likeness (QED) is 0.817. The molecule has 126 valence electrons. The van der Waals surface area contributed by atoms with Crippen LogP contribution in [0.4, 0.5) is 11.4 Å². The SMILES string of the molecule is CCCCS(=O)(=O)/N=C1/Cc2ccccc2N1c1cccc(C)c1. The van der Waals surface area contributed by atoms with Gasteiger partial charge in [0, 0.05) is 12.1 Å². The molecule has 0 atom stereocenters. The molecule has 1 aliphatic heterocycles. The van der Waals surface area contributed by atoms with E-state index >= 15 is 0 Å². The fraction of sp³-hybridized carbons (Fsp3) is 0.316. The number of anilines is 2. The van der Waals surface area contributed by atoms with Crippen LogP contribution in [0.2, 0.25) is 0 Å². The molecule has 0 spiro atoms. The monoisotopic (exact) mass is 342 g/mol. The van der Waals surface area contributed by atoms with Gasteiger partial charge in [-0.2, -0.15) is 0 Å². The zero-order chi connectivity index (χ0) is 17.2. The van der Waals surface area contributed by atoms with Crippen LogP contribution < -0.4 is 4.90 Å². The Balaban J connectivity index is 2.06. The first kappa shape index (κ1) is 16.7. The summed E-state index contributed by atoms with van der Waals surface area (Å²) in [5.41, 5.74) is 4.19. The van der Waals surface area contributed by atoms with Crippen LogP contribution in [0.1, 0.15) is 30.9 Å². The van der Waals surface area contributed by atoms with E-state index in [-0.39, 0.29) is 5.75 Å². The summed E-state index contributed by atoms with van der Waals surface area (Å²) in [5.74, 6) is 0.684. The summed E-state index contributed by atoms with van der Waals surface area (Å²) in [6.45, 7) is 4.01. The first-order valence-corrected chi connectivity index (χ1v) is 9.87. The van der Waals surface area contributed by atoms with E-state index < -0.39 is 10.0 Å². The highest BCUT2D eigenvalue weighted by Gasteiger charge is 2.28. The van der Waals surface area contributed by atoms with Gasteiger partial charge in [-0.15, -0.1) is 4.40 Å². The van der Waals surface area contributed by atoms with E-state index in [4.69, 9.17) is 0 Å². The van der Waals surface area contributed by atoms with Crippen LogP contribution in [0.3, 0.4) is 0 Å². The Morgan fingerprint density at radius 3 is 2.67 bits per heavy atom. The van der Waals surface area contributed by atoms with Gasteiger partial charge < -0.3 is 0 Å². The Morgan fingerprint density at radius 1 is 1.12 bits per heavy atom. The van der Waals surface area contributed by atoms with E-state index in [0.29, 0.717) is 18.7 Å². The van der Waals surface area contributed by atoms with Gasteiger partial charge in [-0.25, -0.2) is 8.42 Å². The van der Waals surface area contributed by atoms with Gasteiger partial charge in [0.25, 0.3) is 10.0 Å². The molecule has 24 heavy (non-hydrogen) atoms. The third-order valence-corrected chi connectivity index (χ3v) is 5.39. The number of rotatable bonds is 5. The molecule has 0 saturated heterocycles. The maximum absolute atomic E-state index is 12.3. The first-order valence-electron chi connectivity index (χ1n) is 8.26. The summed E-state index contributed by atoms with van der Waals surface area (Å²) >= 11 is 0. The Labute approximate surface area is 143 Å². The molecule has 1 heterocycles. The van der Waals surface area contributed by atoms with Crippen molar-refractivity contribution in [1.82, 2.24) is 0 Å². The second-order valence-electron chi connectivity index (χ2n) is 6.13. The third kappa shape index (κ3) is 3.51. The lowest BCUT2D eigenvalue weighted by molar-refractivity contribution is 0.594. The molecule has 0 aromatic heterocycles. The molecule has 4 nitrogen and oxygen atoms in total. The minimum Gasteiger partial charge on any atom is -0.297 e. The van der Waals surface area contributed by atoms with E-state index in [1.807, 2.05) is 61.2 Å². The Morgan fingerprint density at radius 2 is 1.92 bits per heavy atom. The largest absolute Gasteiger partial charge is 0.297 e. The van der Waals surface area contributed by atoms with Crippen molar-refractivity contribution >= 4 is 27.2 Å². The van der Waals surface area contributed by atoms with Gasteiger partial charge in [0.15, 0.2) is 0 Å². The van der Waals surface area contributed by atoms with Gasteiger partial charge in [0.1, 0.15) is 5.84 Å². The summed E-state index contributed by atoms with van der Waals surface area (Å²) in [7, 11) is -3.45. The fourth-order valence-corrected chi connectivity index (χ4v) is 4.14. The van der Waals surface area contributed by atoms with Crippen LogP contribution in [-0.2, 0) is 16.4 Å². The summed E-state index contributed by atoms with van der Waals surface area (Å²) in [6, 6.07) is 16.0. The van der Waals surface area contributed by atoms with Gasteiger partial charge in [-0.1, -0.05) is 43.7 Å². The lowest BCUT2D eigenvalue weighted by Crippen LogP contribution is -2.23. The lowest BCUT2D eigenvalue weighted by Gasteiger charge is -2.21. The van der Waals surface area contributed by atoms with E-state index in [0.717, 1.165) is 28.9 Å². The van der Waals surface area contributed by atoms with Gasteiger partial charge in [-0.3, -0.25) is 4.90 Å². The predicted octanol–water partition coefficient (Wildman–Crippen LogP) is 4.22. The van der Waals surface area contributed by atoms with E-state index in [1.165, 1.54) is 0 Å². The van der Waals surface area contributed by atoms with Crippen molar-refractivity contribution < 1.29 is 8.42 Å². The first-order chi connectivity index (χ1) is 11.5. The van der Waals surface area contributed by atoms with Gasteiger partial charge >= 0.3 is 0 Å². The summed E-state index contributed by atoms with van der Waals surface area (Å²) in [6.07, 6.45) is 2.01. The number of fused-ring (bicyclic) bond motifs is 1. The lowest BCUT2D eigenvalue weighted by atomic mass is 10.1. The molecule has 0 unspecified atom stereocenters. The molecule has 5 heteroatoms. The minimum absolute atomic E-state index is 0.102. The maximum Gasteiger partial charge on any atom is 0.254 e. The average Bonchev–Trinajstić information content (AvgIpc) is 2.90. The highest BCUT2D eigenvalue weighted by atomic mass is 32.2. The number of aryl methyl sites for hydroxylation is 1. The standard InChI is InChI=1S/C19H22N2O2S/c1-3-4-12-24(22,23)20-19-14-16-9-5-6-11-18(16)21(19)17-10-7-8-15(2)13-17/h5-11,13H,3-4,12,14H2,1-2H3/b20-19-. The molecule has 0 fully saturated rings. The molecule has 0 radical (unpaired) electrons. The highest BCUT2D eigenvalue weighted by molar-refractivity contribution is 7.90. The Bertz CT molecular complexity index is 872. The molecule has 0 amide bonds. The third-order valence-electron chi connectivity index (χ3n) is 4.10. The van der Waals surface area contributed by atoms with Crippen molar-refractivity contribution in [2.45, 2.75) is 33.1 Å². The van der Waals surface area contributed by atoms with Crippen LogP contribution in [0.15, 0.2) is 52.9 Å². The fourth-order valence-electron chi connectivity index (χ4n) is 2.93. The molecule has 0 bridgehead atoms. The van der Waals surface area contributed by atoms with Gasteiger partial charge in [-0.05, 0) is 42.7 Å². The van der Waals surface area contributed by atoms with Crippen LogP contribution in [0.5, 0.6) is 0 Å². The van der Waals surface area contributed by atoms with Crippen molar-refractivity contribution in [2.24, 2.45) is 4.40 Å². The number of unbranched alkanes of at least 4 members (excludes halogenated alkanes) is 1. The zero-order valence-electron chi connectivity index (χ0n) is 14.1. The molecule has 2 aromatic carbocycles. The van der Waals surface area contributed by atoms with E-state index in [1.54, 1.807) is 0 Å². The van der Waals surface area contributed by atoms with Crippen molar-refractivity contribution in [3.8, 4) is 0 Å². The topological polar surface area (TPSA) is 49.7 Å². The number of sulfonamides is 1. The molecule has 0 aliphatic carbocycles. The van der Waals surface area contributed by atoms with Gasteiger partial charge in [0.05, 0.1) is 11.4 Å². The number of hydrogen-bond donors (Lipinski definition) is 0. The molecular weight excluding hydrogens is 320 g/mol. The van der Waals surface area contributed by atoms with Crippen LogP contribution >= 0.6 is 0 Å². The van der Waals surface area contributed by atoms with Crippen LogP contribution in [0.25, 0.3) is 0 Å². The van der Waals surface area contributed by atoms with Crippen molar-refractivity contribution in [2.75, 3.05) is 10.7 Å². The van der Waals surface area contributed by atoms with E-state index in [9.17, 15) is 8.42 Å². The number of nitrogens with zero attached hydrogens (tertiary/aromatic N) is 2. The normalized spacial score (nSPS) is 15.8. The molecule has 3 rings (SSSR count). The number of benzene rings is 2. The minimum atomic E-state index is -3.45. The number of para-hydroxylation sites is 1. The average molecular weight is 342 g/mol. The molecule has 2 aromatic rings. The summed E-state index contributed by atoms with van der Waals surface area (Å²) < 4.78 is 28.8. The molecule has 1 aliphatic rings. The number of amidine groups is 1. The summed E-state index contributed by atoms with van der Waals surface area (Å²) in [5, 5.41) is 0. The van der Waals surface area contributed by atoms with E-state index in [2.05, 4.69) is 10.5 Å². The van der Waals surface area contributed by atoms with Crippen LogP contribution in [-0.4, -0.2) is 20.0 Å². The van der Waals surface area contributed by atoms with Crippen LogP contribution in [0, 0.1) is 6.92 Å². The highest BCUT2D eigenvalue weighted by Crippen LogP contribution is 2.36. The molecule has 0 saturated carbocycles. The van der Waals surface area contributed by atoms with Crippen molar-refractivity contribution in [3.05, 3.63) is 59.7 Å². The number of hydrogen-bond acceptors (Lipinski definition) is 2. The smallest absolute Gasteiger partial charge is 0.254 e. The zero-order valence-corrected chi connectivity index (χ0v) is 14.9. The van der Waals surface area contributed by atoms with Crippen molar-refractivity contribution in [1.29, 1.82) is 0 Å².